The maximum absolute atomic E-state index is 15.0. The Morgan fingerprint density at radius 2 is 1.76 bits per heavy atom. The van der Waals surface area contributed by atoms with Crippen LogP contribution in [0, 0.1) is 24.6 Å². The van der Waals surface area contributed by atoms with Crippen molar-refractivity contribution in [1.29, 1.82) is 0 Å². The summed E-state index contributed by atoms with van der Waals surface area (Å²) in [4.78, 5) is 33.6. The van der Waals surface area contributed by atoms with E-state index in [0.717, 1.165) is 103 Å². The molecule has 1 N–H and O–H groups in total. The highest BCUT2D eigenvalue weighted by Gasteiger charge is 2.24. The number of benzene rings is 2. The number of piperazine rings is 1. The van der Waals surface area contributed by atoms with Crippen molar-refractivity contribution in [3.05, 3.63) is 80.8 Å². The van der Waals surface area contributed by atoms with E-state index in [-0.39, 0.29) is 18.1 Å². The van der Waals surface area contributed by atoms with Crippen LogP contribution in [0.5, 0.6) is 5.75 Å². The van der Waals surface area contributed by atoms with Crippen LogP contribution in [0.3, 0.4) is 0 Å². The lowest BCUT2D eigenvalue weighted by molar-refractivity contribution is 0.0593. The van der Waals surface area contributed by atoms with E-state index in [4.69, 9.17) is 34.4 Å². The first kappa shape index (κ1) is 52.8. The van der Waals surface area contributed by atoms with Gasteiger partial charge >= 0.3 is 5.97 Å². The van der Waals surface area contributed by atoms with Crippen molar-refractivity contribution in [2.24, 2.45) is 4.99 Å². The van der Waals surface area contributed by atoms with E-state index in [0.29, 0.717) is 61.6 Å². The molecular weight excluding hydrogens is 916 g/mol. The van der Waals surface area contributed by atoms with Crippen LogP contribution in [0.25, 0.3) is 10.2 Å². The van der Waals surface area contributed by atoms with E-state index < -0.39 is 19.9 Å². The molecule has 4 heterocycles. The van der Waals surface area contributed by atoms with Gasteiger partial charge in [-0.05, 0) is 128 Å². The first-order chi connectivity index (χ1) is 32.8. The first-order valence-corrected chi connectivity index (χ1v) is 29.2. The van der Waals surface area contributed by atoms with Gasteiger partial charge in [0.1, 0.15) is 6.73 Å². The number of aryl methyl sites for hydroxylation is 2. The fourth-order valence-electron chi connectivity index (χ4n) is 7.48. The van der Waals surface area contributed by atoms with E-state index in [9.17, 15) is 9.18 Å². The van der Waals surface area contributed by atoms with Crippen molar-refractivity contribution in [3.63, 3.8) is 0 Å². The molecule has 0 amide bonds. The number of ether oxygens (including phenoxy) is 3. The number of aromatic nitrogens is 4. The molecular formula is C50H71FN10O4S2Si. The van der Waals surface area contributed by atoms with Crippen molar-refractivity contribution in [2.75, 3.05) is 105 Å². The average Bonchev–Trinajstić information content (AvgIpc) is 3.89. The molecule has 3 aromatic heterocycles. The summed E-state index contributed by atoms with van der Waals surface area (Å²) >= 11 is 3.03. The van der Waals surface area contributed by atoms with Gasteiger partial charge in [0.15, 0.2) is 38.8 Å². The van der Waals surface area contributed by atoms with Crippen LogP contribution in [0.1, 0.15) is 58.6 Å². The summed E-state index contributed by atoms with van der Waals surface area (Å²) in [6.07, 6.45) is 5.04. The highest BCUT2D eigenvalue weighted by molar-refractivity contribution is 7.16. The van der Waals surface area contributed by atoms with Crippen molar-refractivity contribution >= 4 is 63.7 Å². The molecule has 1 fully saturated rings. The molecule has 6 rings (SSSR count). The number of rotatable bonds is 25. The van der Waals surface area contributed by atoms with E-state index in [1.807, 2.05) is 44.1 Å². The summed E-state index contributed by atoms with van der Waals surface area (Å²) in [6.45, 7) is 19.3. The zero-order chi connectivity index (χ0) is 48.5. The molecule has 368 valence electrons. The highest BCUT2D eigenvalue weighted by Crippen LogP contribution is 2.34. The molecule has 0 bridgehead atoms. The predicted molar refractivity (Wildman–Crippen MR) is 277 cm³/mol. The second-order valence-corrected chi connectivity index (χ2v) is 26.5. The maximum Gasteiger partial charge on any atom is 0.357 e. The number of thiazole rings is 2. The molecule has 2 aromatic carbocycles. The van der Waals surface area contributed by atoms with Gasteiger partial charge in [-0.1, -0.05) is 61.4 Å². The molecule has 0 atom stereocenters. The summed E-state index contributed by atoms with van der Waals surface area (Å²) in [5, 5.41) is 13.7. The van der Waals surface area contributed by atoms with Gasteiger partial charge in [-0.25, -0.2) is 14.2 Å². The van der Waals surface area contributed by atoms with Gasteiger partial charge in [0.2, 0.25) is 0 Å². The Bertz CT molecular complexity index is 2520. The lowest BCUT2D eigenvalue weighted by Gasteiger charge is -2.32. The van der Waals surface area contributed by atoms with Crippen LogP contribution in [0.2, 0.25) is 25.7 Å². The smallest absolute Gasteiger partial charge is 0.357 e. The van der Waals surface area contributed by atoms with Gasteiger partial charge in [-0.2, -0.15) is 4.99 Å². The minimum atomic E-state index is -1.25. The number of nitrogens with zero attached hydrogens (tertiary/aromatic N) is 9. The number of hydrogen-bond acceptors (Lipinski definition) is 15. The lowest BCUT2D eigenvalue weighted by Crippen LogP contribution is -2.45. The third-order valence-corrected chi connectivity index (χ3v) is 15.5. The van der Waals surface area contributed by atoms with Crippen LogP contribution in [-0.2, 0) is 22.6 Å². The number of likely N-dealkylation sites (N-methyl/N-ethyl adjacent to an activating group) is 1. The number of anilines is 2. The molecule has 0 spiro atoms. The number of methoxy groups -OCH3 is 1. The normalized spacial score (nSPS) is 13.9. The third kappa shape index (κ3) is 16.3. The molecule has 0 aliphatic carbocycles. The molecule has 0 saturated carbocycles. The number of esters is 1. The Morgan fingerprint density at radius 3 is 2.51 bits per heavy atom. The lowest BCUT2D eigenvalue weighted by atomic mass is 10.2. The van der Waals surface area contributed by atoms with E-state index in [1.54, 1.807) is 23.5 Å². The second kappa shape index (κ2) is 26.4. The molecule has 18 heteroatoms. The second-order valence-electron chi connectivity index (χ2n) is 18.8. The average molecular weight is 987 g/mol. The highest BCUT2D eigenvalue weighted by atomic mass is 32.1. The van der Waals surface area contributed by atoms with Gasteiger partial charge in [-0.15, -0.1) is 21.5 Å². The van der Waals surface area contributed by atoms with Crippen molar-refractivity contribution in [2.45, 2.75) is 77.9 Å². The van der Waals surface area contributed by atoms with E-state index in [1.165, 1.54) is 24.5 Å². The zero-order valence-electron chi connectivity index (χ0n) is 41.4. The van der Waals surface area contributed by atoms with Gasteiger partial charge in [0.25, 0.3) is 0 Å². The maximum atomic E-state index is 15.0. The minimum Gasteiger partial charge on any atom is -0.491 e. The Labute approximate surface area is 411 Å². The van der Waals surface area contributed by atoms with Gasteiger partial charge in [0, 0.05) is 57.8 Å². The number of para-hydroxylation sites is 1. The Hall–Kier alpha value is -4.58. The Kier molecular flexibility index (Phi) is 20.5. The van der Waals surface area contributed by atoms with Crippen molar-refractivity contribution in [1.82, 2.24) is 39.8 Å². The molecule has 5 aromatic rings. The van der Waals surface area contributed by atoms with Gasteiger partial charge in [0.05, 0.1) is 30.5 Å². The van der Waals surface area contributed by atoms with Crippen LogP contribution in [-0.4, -0.2) is 149 Å². The van der Waals surface area contributed by atoms with E-state index >= 15 is 0 Å². The van der Waals surface area contributed by atoms with Crippen molar-refractivity contribution < 1.29 is 23.4 Å². The molecule has 0 unspecified atom stereocenters. The van der Waals surface area contributed by atoms with Gasteiger partial charge < -0.3 is 34.2 Å². The standard InChI is InChI=1S/C50H71FN10O4S2Si/c1-38-35-45(55-56-47(38)54-50-61(37-64-33-34-68(6,7)8)41-18-10-11-19-43(41)66-50)60(27-13-9-12-23-52-24-16-26-59-30-28-58(4)29-31-59)49-53-46(48(62)63-5)44(67-49)20-15-32-65-42-22-21-39(36-40(42)51)17-14-25-57(2)3/h10-11,18-19,21-22,35-36,52H,9,12-13,15-16,20,23-34,37H2,1-8H3/b54-50-. The topological polar surface area (TPSA) is 126 Å². The molecule has 1 saturated heterocycles. The number of hydrogen-bond donors (Lipinski definition) is 1. The summed E-state index contributed by atoms with van der Waals surface area (Å²) in [5.74, 6) is 6.33. The number of halogens is 1. The number of nitrogens with one attached hydrogen (secondary N) is 1. The van der Waals surface area contributed by atoms with E-state index in [2.05, 4.69) is 75.2 Å². The predicted octanol–water partition coefficient (Wildman–Crippen LogP) is 8.19. The fourth-order valence-corrected chi connectivity index (χ4v) is 10.4. The Morgan fingerprint density at radius 1 is 0.971 bits per heavy atom. The molecule has 1 aliphatic heterocycles. The number of unbranched alkanes of at least 4 members (excludes halogenated alkanes) is 2. The number of carbonyl (C=O) groups excluding carboxylic acids is 1. The van der Waals surface area contributed by atoms with Crippen LogP contribution in [0.15, 0.2) is 53.5 Å². The monoisotopic (exact) mass is 986 g/mol. The first-order valence-electron chi connectivity index (χ1n) is 23.9. The molecule has 68 heavy (non-hydrogen) atoms. The van der Waals surface area contributed by atoms with Gasteiger partial charge in [-0.3, -0.25) is 9.47 Å². The minimum absolute atomic E-state index is 0.158. The van der Waals surface area contributed by atoms with Crippen molar-refractivity contribution in [3.8, 4) is 17.6 Å². The molecule has 14 nitrogen and oxygen atoms in total. The largest absolute Gasteiger partial charge is 0.491 e. The molecule has 1 aliphatic rings. The quantitative estimate of drug-likeness (QED) is 0.0263. The third-order valence-electron chi connectivity index (χ3n) is 11.5. The fraction of sp³-hybridized carbons (Fsp3) is 0.540. The zero-order valence-corrected chi connectivity index (χ0v) is 44.0. The summed E-state index contributed by atoms with van der Waals surface area (Å²) in [5.41, 5.74) is 2.76. The van der Waals surface area contributed by atoms with Crippen LogP contribution < -0.4 is 19.8 Å². The Balaban J connectivity index is 1.17. The number of fused-ring (bicyclic) bond motifs is 1. The SMILES string of the molecule is COC(=O)c1nc(N(CCCCCNCCCN2CCN(C)CC2)c2cc(C)c(/N=c3\sc4ccccc4n3COCC[Si](C)(C)C)nn2)sc1CCCOc1ccc(C#CCN(C)C)cc1F. The molecule has 0 radical (unpaired) electrons. The summed E-state index contributed by atoms with van der Waals surface area (Å²) in [6, 6.07) is 16.1. The number of carbonyl (C=O) groups is 1. The van der Waals surface area contributed by atoms with Crippen LogP contribution in [0.4, 0.5) is 21.2 Å². The summed E-state index contributed by atoms with van der Waals surface area (Å²) in [7, 11) is 6.17. The summed E-state index contributed by atoms with van der Waals surface area (Å²) < 4.78 is 35.5. The van der Waals surface area contributed by atoms with Crippen LogP contribution >= 0.6 is 22.7 Å².